The van der Waals surface area contributed by atoms with Gasteiger partial charge in [-0.3, -0.25) is 4.79 Å². The molecule has 0 atom stereocenters. The zero-order chi connectivity index (χ0) is 15.4. The Morgan fingerprint density at radius 2 is 2.05 bits per heavy atom. The van der Waals surface area contributed by atoms with E-state index in [0.717, 1.165) is 0 Å². The van der Waals surface area contributed by atoms with Gasteiger partial charge in [-0.15, -0.1) is 0 Å². The molecular formula is C16H13ClO4. The van der Waals surface area contributed by atoms with Gasteiger partial charge in [-0.2, -0.15) is 0 Å². The molecule has 0 saturated heterocycles. The minimum Gasteiger partial charge on any atom is -0.496 e. The van der Waals surface area contributed by atoms with Gasteiger partial charge in [0, 0.05) is 11.1 Å². The second-order valence-electron chi connectivity index (χ2n) is 4.31. The molecule has 0 radical (unpaired) electrons. The maximum absolute atomic E-state index is 12.2. The summed E-state index contributed by atoms with van der Waals surface area (Å²) >= 11 is 6.00. The van der Waals surface area contributed by atoms with E-state index in [9.17, 15) is 9.59 Å². The Kier molecular flexibility index (Phi) is 4.60. The van der Waals surface area contributed by atoms with Gasteiger partial charge in [-0.25, -0.2) is 4.79 Å². The van der Waals surface area contributed by atoms with Crippen LogP contribution >= 0.6 is 11.6 Å². The number of hydrogen-bond donors (Lipinski definition) is 0. The first-order valence-electron chi connectivity index (χ1n) is 6.18. The zero-order valence-electron chi connectivity index (χ0n) is 11.6. The highest BCUT2D eigenvalue weighted by molar-refractivity contribution is 6.32. The number of aryl methyl sites for hydroxylation is 1. The average Bonchev–Trinajstić information content (AvgIpc) is 2.45. The van der Waals surface area contributed by atoms with Crippen LogP contribution in [0.3, 0.4) is 0 Å². The van der Waals surface area contributed by atoms with E-state index in [-0.39, 0.29) is 11.3 Å². The van der Waals surface area contributed by atoms with Crippen molar-refractivity contribution in [2.24, 2.45) is 0 Å². The molecule has 2 rings (SSSR count). The monoisotopic (exact) mass is 304 g/mol. The van der Waals surface area contributed by atoms with Crippen molar-refractivity contribution in [3.05, 3.63) is 68.7 Å². The number of benzene rings is 1. The fourth-order valence-corrected chi connectivity index (χ4v) is 2.02. The normalized spacial score (nSPS) is 10.8. The summed E-state index contributed by atoms with van der Waals surface area (Å²) in [6, 6.07) is 8.57. The Morgan fingerprint density at radius 3 is 2.71 bits per heavy atom. The Bertz CT molecular complexity index is 759. The molecule has 0 aliphatic carbocycles. The van der Waals surface area contributed by atoms with Crippen LogP contribution in [0.4, 0.5) is 0 Å². The first-order valence-corrected chi connectivity index (χ1v) is 6.56. The van der Waals surface area contributed by atoms with Crippen molar-refractivity contribution >= 4 is 23.5 Å². The smallest absolute Gasteiger partial charge is 0.351 e. The fraction of sp³-hybridized carbons (Fsp3) is 0.125. The van der Waals surface area contributed by atoms with Crippen LogP contribution in [0.15, 0.2) is 45.6 Å². The summed E-state index contributed by atoms with van der Waals surface area (Å²) in [6.07, 6.45) is 2.81. The SMILES string of the molecule is COc1cc(C)oc(=O)c1C(=O)C=Cc1ccccc1Cl. The molecule has 0 amide bonds. The van der Waals surface area contributed by atoms with Gasteiger partial charge in [0.2, 0.25) is 0 Å². The van der Waals surface area contributed by atoms with E-state index >= 15 is 0 Å². The van der Waals surface area contributed by atoms with Crippen molar-refractivity contribution in [1.82, 2.24) is 0 Å². The van der Waals surface area contributed by atoms with Crippen LogP contribution in [0.5, 0.6) is 5.75 Å². The van der Waals surface area contributed by atoms with Crippen molar-refractivity contribution in [1.29, 1.82) is 0 Å². The number of rotatable bonds is 4. The summed E-state index contributed by atoms with van der Waals surface area (Å²) in [6.45, 7) is 1.61. The summed E-state index contributed by atoms with van der Waals surface area (Å²) in [5.41, 5.74) is -0.171. The molecule has 4 nitrogen and oxygen atoms in total. The van der Waals surface area contributed by atoms with E-state index in [1.165, 1.54) is 19.3 Å². The topological polar surface area (TPSA) is 56.5 Å². The van der Waals surface area contributed by atoms with E-state index in [2.05, 4.69) is 0 Å². The number of methoxy groups -OCH3 is 1. The van der Waals surface area contributed by atoms with Gasteiger partial charge in [-0.1, -0.05) is 29.8 Å². The summed E-state index contributed by atoms with van der Waals surface area (Å²) in [7, 11) is 1.39. The van der Waals surface area contributed by atoms with E-state index in [4.69, 9.17) is 20.8 Å². The highest BCUT2D eigenvalue weighted by atomic mass is 35.5. The second kappa shape index (κ2) is 6.41. The van der Waals surface area contributed by atoms with E-state index < -0.39 is 11.4 Å². The molecule has 0 bridgehead atoms. The molecule has 0 unspecified atom stereocenters. The summed E-state index contributed by atoms with van der Waals surface area (Å²) in [5.74, 6) is 0.0709. The molecule has 1 aromatic carbocycles. The van der Waals surface area contributed by atoms with Gasteiger partial charge in [0.05, 0.1) is 7.11 Å². The Balaban J connectivity index is 2.38. The summed E-state index contributed by atoms with van der Waals surface area (Å²) in [5, 5.41) is 0.518. The molecule has 0 aliphatic rings. The van der Waals surface area contributed by atoms with Crippen LogP contribution < -0.4 is 10.4 Å². The quantitative estimate of drug-likeness (QED) is 0.641. The number of allylic oxidation sites excluding steroid dienone is 1. The average molecular weight is 305 g/mol. The van der Waals surface area contributed by atoms with E-state index in [0.29, 0.717) is 16.3 Å². The highest BCUT2D eigenvalue weighted by Gasteiger charge is 2.17. The fourth-order valence-electron chi connectivity index (χ4n) is 1.83. The number of hydrogen-bond acceptors (Lipinski definition) is 4. The van der Waals surface area contributed by atoms with Gasteiger partial charge in [0.15, 0.2) is 5.78 Å². The number of ketones is 1. The molecule has 0 fully saturated rings. The molecule has 5 heteroatoms. The Morgan fingerprint density at radius 1 is 1.33 bits per heavy atom. The Hall–Kier alpha value is -2.33. The van der Waals surface area contributed by atoms with Gasteiger partial charge in [-0.05, 0) is 30.7 Å². The third-order valence-electron chi connectivity index (χ3n) is 2.82. The number of carbonyl (C=O) groups excluding carboxylic acids is 1. The molecule has 1 aromatic heterocycles. The second-order valence-corrected chi connectivity index (χ2v) is 4.71. The van der Waals surface area contributed by atoms with Crippen LogP contribution in [-0.4, -0.2) is 12.9 Å². The van der Waals surface area contributed by atoms with Crippen molar-refractivity contribution < 1.29 is 13.9 Å². The summed E-state index contributed by atoms with van der Waals surface area (Å²) in [4.78, 5) is 24.0. The van der Waals surface area contributed by atoms with E-state index in [1.54, 1.807) is 37.3 Å². The number of carbonyl (C=O) groups is 1. The lowest BCUT2D eigenvalue weighted by atomic mass is 10.1. The minimum absolute atomic E-state index is 0.133. The van der Waals surface area contributed by atoms with Gasteiger partial charge >= 0.3 is 5.63 Å². The minimum atomic E-state index is -0.722. The first kappa shape index (κ1) is 15.1. The van der Waals surface area contributed by atoms with Gasteiger partial charge in [0.25, 0.3) is 0 Å². The maximum atomic E-state index is 12.2. The van der Waals surface area contributed by atoms with Crippen LogP contribution in [0.1, 0.15) is 21.7 Å². The Labute approximate surface area is 126 Å². The maximum Gasteiger partial charge on any atom is 0.351 e. The molecule has 1 heterocycles. The van der Waals surface area contributed by atoms with Crippen molar-refractivity contribution in [3.63, 3.8) is 0 Å². The van der Waals surface area contributed by atoms with Crippen LogP contribution in [-0.2, 0) is 0 Å². The largest absolute Gasteiger partial charge is 0.496 e. The third kappa shape index (κ3) is 3.41. The predicted molar refractivity (Wildman–Crippen MR) is 81.1 cm³/mol. The van der Waals surface area contributed by atoms with Crippen molar-refractivity contribution in [3.8, 4) is 5.75 Å². The molecule has 108 valence electrons. The lowest BCUT2D eigenvalue weighted by Crippen LogP contribution is -2.14. The lowest BCUT2D eigenvalue weighted by Gasteiger charge is -2.04. The van der Waals surface area contributed by atoms with Crippen molar-refractivity contribution in [2.45, 2.75) is 6.92 Å². The first-order chi connectivity index (χ1) is 10.0. The number of ether oxygens (including phenoxy) is 1. The van der Waals surface area contributed by atoms with Gasteiger partial charge < -0.3 is 9.15 Å². The number of halogens is 1. The molecule has 0 aliphatic heterocycles. The van der Waals surface area contributed by atoms with Crippen LogP contribution in [0.2, 0.25) is 5.02 Å². The molecule has 0 saturated carbocycles. The van der Waals surface area contributed by atoms with E-state index in [1.807, 2.05) is 0 Å². The summed E-state index contributed by atoms with van der Waals surface area (Å²) < 4.78 is 9.99. The van der Waals surface area contributed by atoms with Gasteiger partial charge in [0.1, 0.15) is 17.1 Å². The molecule has 0 spiro atoms. The van der Waals surface area contributed by atoms with Crippen LogP contribution in [0.25, 0.3) is 6.08 Å². The molecule has 0 N–H and O–H groups in total. The highest BCUT2D eigenvalue weighted by Crippen LogP contribution is 2.19. The standard InChI is InChI=1S/C16H13ClO4/c1-10-9-14(20-2)15(16(19)21-10)13(18)8-7-11-5-3-4-6-12(11)17/h3-9H,1-2H3. The zero-order valence-corrected chi connectivity index (χ0v) is 12.3. The predicted octanol–water partition coefficient (Wildman–Crippen LogP) is 3.51. The molecular weight excluding hydrogens is 292 g/mol. The molecule has 2 aromatic rings. The molecule has 21 heavy (non-hydrogen) atoms. The van der Waals surface area contributed by atoms with Crippen LogP contribution in [0, 0.1) is 6.92 Å². The third-order valence-corrected chi connectivity index (χ3v) is 3.17. The lowest BCUT2D eigenvalue weighted by molar-refractivity contribution is 0.104. The van der Waals surface area contributed by atoms with Crippen molar-refractivity contribution in [2.75, 3.05) is 7.11 Å².